The molecule has 0 aliphatic rings. The maximum atomic E-state index is 10.7. The SMILES string of the molecule is CC(=O)CC(NC(=O)CCl)C(=O)O. The van der Waals surface area contributed by atoms with Gasteiger partial charge in [0.05, 0.1) is 0 Å². The molecule has 1 atom stereocenters. The molecule has 0 saturated carbocycles. The summed E-state index contributed by atoms with van der Waals surface area (Å²) in [5, 5.41) is 10.7. The van der Waals surface area contributed by atoms with Gasteiger partial charge >= 0.3 is 5.97 Å². The van der Waals surface area contributed by atoms with E-state index >= 15 is 0 Å². The van der Waals surface area contributed by atoms with E-state index in [9.17, 15) is 14.4 Å². The largest absolute Gasteiger partial charge is 0.480 e. The number of ketones is 1. The van der Waals surface area contributed by atoms with Crippen molar-refractivity contribution < 1.29 is 19.5 Å². The highest BCUT2D eigenvalue weighted by Crippen LogP contribution is 1.94. The van der Waals surface area contributed by atoms with Crippen LogP contribution in [0, 0.1) is 0 Å². The summed E-state index contributed by atoms with van der Waals surface area (Å²) in [5.74, 6) is -2.46. The number of rotatable bonds is 5. The molecule has 0 aromatic rings. The van der Waals surface area contributed by atoms with Gasteiger partial charge in [-0.3, -0.25) is 9.59 Å². The van der Waals surface area contributed by atoms with Crippen LogP contribution < -0.4 is 5.32 Å². The molecule has 0 fully saturated rings. The summed E-state index contributed by atoms with van der Waals surface area (Å²) in [7, 11) is 0. The lowest BCUT2D eigenvalue weighted by molar-refractivity contribution is -0.142. The van der Waals surface area contributed by atoms with E-state index in [0.29, 0.717) is 0 Å². The van der Waals surface area contributed by atoms with Crippen LogP contribution in [0.1, 0.15) is 13.3 Å². The van der Waals surface area contributed by atoms with Gasteiger partial charge in [0.2, 0.25) is 5.91 Å². The molecular formula is C7H10ClNO4. The van der Waals surface area contributed by atoms with Crippen LogP contribution in [0.15, 0.2) is 0 Å². The molecule has 0 saturated heterocycles. The molecule has 0 spiro atoms. The van der Waals surface area contributed by atoms with Crippen LogP contribution >= 0.6 is 11.6 Å². The standard InChI is InChI=1S/C7H10ClNO4/c1-4(10)2-5(7(12)13)9-6(11)3-8/h5H,2-3H2,1H3,(H,9,11)(H,12,13). The van der Waals surface area contributed by atoms with Crippen molar-refractivity contribution in [2.24, 2.45) is 0 Å². The summed E-state index contributed by atoms with van der Waals surface area (Å²) < 4.78 is 0. The van der Waals surface area contributed by atoms with E-state index in [1.54, 1.807) is 0 Å². The van der Waals surface area contributed by atoms with Crippen molar-refractivity contribution in [3.05, 3.63) is 0 Å². The number of nitrogens with one attached hydrogen (secondary N) is 1. The Morgan fingerprint density at radius 1 is 1.46 bits per heavy atom. The van der Waals surface area contributed by atoms with Crippen molar-refractivity contribution in [3.8, 4) is 0 Å². The first-order chi connectivity index (χ1) is 5.97. The zero-order chi connectivity index (χ0) is 10.4. The van der Waals surface area contributed by atoms with Crippen molar-refractivity contribution in [1.29, 1.82) is 0 Å². The normalized spacial score (nSPS) is 11.8. The summed E-state index contributed by atoms with van der Waals surface area (Å²) in [6, 6.07) is -1.18. The molecule has 13 heavy (non-hydrogen) atoms. The van der Waals surface area contributed by atoms with Crippen molar-refractivity contribution in [3.63, 3.8) is 0 Å². The Balaban J connectivity index is 4.18. The summed E-state index contributed by atoms with van der Waals surface area (Å²) in [4.78, 5) is 31.7. The van der Waals surface area contributed by atoms with Crippen molar-refractivity contribution in [2.75, 3.05) is 5.88 Å². The van der Waals surface area contributed by atoms with Gasteiger partial charge in [0.25, 0.3) is 0 Å². The molecule has 1 amide bonds. The average molecular weight is 208 g/mol. The number of carboxylic acids is 1. The van der Waals surface area contributed by atoms with Crippen LogP contribution in [0.2, 0.25) is 0 Å². The fourth-order valence-corrected chi connectivity index (χ4v) is 0.798. The number of halogens is 1. The molecular weight excluding hydrogens is 198 g/mol. The molecule has 0 heterocycles. The van der Waals surface area contributed by atoms with Crippen molar-refractivity contribution in [1.82, 2.24) is 5.32 Å². The van der Waals surface area contributed by atoms with Crippen LogP contribution in [0.5, 0.6) is 0 Å². The molecule has 0 aliphatic carbocycles. The Morgan fingerprint density at radius 2 is 2.00 bits per heavy atom. The van der Waals surface area contributed by atoms with Gasteiger partial charge in [0.15, 0.2) is 0 Å². The van der Waals surface area contributed by atoms with E-state index in [1.165, 1.54) is 6.92 Å². The van der Waals surface area contributed by atoms with Gasteiger partial charge < -0.3 is 10.4 Å². The topological polar surface area (TPSA) is 83.5 Å². The summed E-state index contributed by atoms with van der Waals surface area (Å²) in [6.45, 7) is 1.25. The number of aliphatic carboxylic acids is 1. The Morgan fingerprint density at radius 3 is 2.31 bits per heavy atom. The Labute approximate surface area is 80.1 Å². The van der Waals surface area contributed by atoms with Crippen molar-refractivity contribution >= 4 is 29.3 Å². The number of carbonyl (C=O) groups excluding carboxylic acids is 2. The Kier molecular flexibility index (Phi) is 5.06. The van der Waals surface area contributed by atoms with E-state index in [2.05, 4.69) is 5.32 Å². The van der Waals surface area contributed by atoms with Gasteiger partial charge in [-0.1, -0.05) is 0 Å². The number of carboxylic acid groups (broad SMARTS) is 1. The van der Waals surface area contributed by atoms with Gasteiger partial charge in [-0.25, -0.2) is 4.79 Å². The van der Waals surface area contributed by atoms with E-state index in [0.717, 1.165) is 0 Å². The molecule has 0 aliphatic heterocycles. The van der Waals surface area contributed by atoms with Gasteiger partial charge in [-0.15, -0.1) is 11.6 Å². The molecule has 0 aromatic heterocycles. The first kappa shape index (κ1) is 11.9. The third-order valence-corrected chi connectivity index (χ3v) is 1.49. The minimum absolute atomic E-state index is 0.224. The van der Waals surface area contributed by atoms with Crippen LogP contribution in [0.4, 0.5) is 0 Å². The maximum absolute atomic E-state index is 10.7. The highest BCUT2D eigenvalue weighted by atomic mass is 35.5. The molecule has 1 unspecified atom stereocenters. The van der Waals surface area contributed by atoms with Gasteiger partial charge in [0, 0.05) is 6.42 Å². The lowest BCUT2D eigenvalue weighted by atomic mass is 10.1. The monoisotopic (exact) mass is 207 g/mol. The number of amides is 1. The first-order valence-corrected chi connectivity index (χ1v) is 4.08. The lowest BCUT2D eigenvalue weighted by Gasteiger charge is -2.11. The molecule has 0 bridgehead atoms. The molecule has 6 heteroatoms. The van der Waals surface area contributed by atoms with E-state index in [1.807, 2.05) is 0 Å². The summed E-state index contributed by atoms with van der Waals surface area (Å²) in [6.07, 6.45) is -0.224. The number of hydrogen-bond donors (Lipinski definition) is 2. The van der Waals surface area contributed by atoms with Crippen molar-refractivity contribution in [2.45, 2.75) is 19.4 Å². The minimum atomic E-state index is -1.24. The fourth-order valence-electron chi connectivity index (χ4n) is 0.720. The highest BCUT2D eigenvalue weighted by molar-refractivity contribution is 6.27. The minimum Gasteiger partial charge on any atom is -0.480 e. The zero-order valence-corrected chi connectivity index (χ0v) is 7.80. The smallest absolute Gasteiger partial charge is 0.326 e. The number of hydrogen-bond acceptors (Lipinski definition) is 3. The third kappa shape index (κ3) is 5.19. The number of carbonyl (C=O) groups is 3. The molecule has 0 radical (unpaired) electrons. The second kappa shape index (κ2) is 5.53. The molecule has 74 valence electrons. The second-order valence-corrected chi connectivity index (χ2v) is 2.77. The molecule has 5 nitrogen and oxygen atoms in total. The second-order valence-electron chi connectivity index (χ2n) is 2.50. The van der Waals surface area contributed by atoms with Crippen LogP contribution in [-0.2, 0) is 14.4 Å². The van der Waals surface area contributed by atoms with Gasteiger partial charge in [0.1, 0.15) is 17.7 Å². The van der Waals surface area contributed by atoms with Crippen LogP contribution in [0.25, 0.3) is 0 Å². The van der Waals surface area contributed by atoms with Gasteiger partial charge in [-0.05, 0) is 6.92 Å². The fraction of sp³-hybridized carbons (Fsp3) is 0.571. The maximum Gasteiger partial charge on any atom is 0.326 e. The van der Waals surface area contributed by atoms with E-state index < -0.39 is 17.9 Å². The van der Waals surface area contributed by atoms with E-state index in [-0.39, 0.29) is 18.1 Å². The predicted octanol–water partition coefficient (Wildman–Crippen LogP) is -0.226. The Hall–Kier alpha value is -1.10. The quantitative estimate of drug-likeness (QED) is 0.611. The number of alkyl halides is 1. The number of Topliss-reactive ketones (excluding diaryl/α,β-unsaturated/α-hetero) is 1. The lowest BCUT2D eigenvalue weighted by Crippen LogP contribution is -2.42. The Bertz CT molecular complexity index is 229. The van der Waals surface area contributed by atoms with Crippen LogP contribution in [0.3, 0.4) is 0 Å². The predicted molar refractivity (Wildman–Crippen MR) is 45.6 cm³/mol. The highest BCUT2D eigenvalue weighted by Gasteiger charge is 2.20. The zero-order valence-electron chi connectivity index (χ0n) is 7.04. The average Bonchev–Trinajstić information content (AvgIpc) is 2.02. The summed E-state index contributed by atoms with van der Waals surface area (Å²) >= 11 is 5.15. The van der Waals surface area contributed by atoms with Gasteiger partial charge in [-0.2, -0.15) is 0 Å². The molecule has 0 rings (SSSR count). The molecule has 2 N–H and O–H groups in total. The summed E-state index contributed by atoms with van der Waals surface area (Å²) in [5.41, 5.74) is 0. The molecule has 0 aromatic carbocycles. The first-order valence-electron chi connectivity index (χ1n) is 3.55. The van der Waals surface area contributed by atoms with Crippen LogP contribution in [-0.4, -0.2) is 34.7 Å². The van der Waals surface area contributed by atoms with E-state index in [4.69, 9.17) is 16.7 Å². The third-order valence-electron chi connectivity index (χ3n) is 1.25.